The maximum absolute atomic E-state index is 11.9. The third-order valence-corrected chi connectivity index (χ3v) is 3.09. The Labute approximate surface area is 107 Å². The second-order valence-electron chi connectivity index (χ2n) is 4.60. The average Bonchev–Trinajstić information content (AvgIpc) is 2.77. The van der Waals surface area contributed by atoms with Crippen LogP contribution >= 0.6 is 0 Å². The number of hydrogen-bond donors (Lipinski definition) is 1. The van der Waals surface area contributed by atoms with Crippen molar-refractivity contribution in [3.63, 3.8) is 0 Å². The van der Waals surface area contributed by atoms with Gasteiger partial charge in [-0.2, -0.15) is 0 Å². The maximum Gasteiger partial charge on any atom is 0.271 e. The van der Waals surface area contributed by atoms with Gasteiger partial charge in [-0.15, -0.1) is 0 Å². The van der Waals surface area contributed by atoms with Gasteiger partial charge in [0.15, 0.2) is 0 Å². The molecule has 96 valence electrons. The van der Waals surface area contributed by atoms with E-state index in [0.29, 0.717) is 0 Å². The van der Waals surface area contributed by atoms with Gasteiger partial charge in [0, 0.05) is 11.8 Å². The minimum Gasteiger partial charge on any atom is -0.295 e. The summed E-state index contributed by atoms with van der Waals surface area (Å²) in [6, 6.07) is 11.4. The minimum absolute atomic E-state index is 0.0201. The average molecular weight is 244 g/mol. The fraction of sp³-hybridized carbons (Fsp3) is 0.400. The van der Waals surface area contributed by atoms with Crippen molar-refractivity contribution in [2.24, 2.45) is 0 Å². The Balaban J connectivity index is 2.06. The molecule has 0 atom stereocenters. The standard InChI is InChI=1S/C15H20N2O/c1-2-3-4-6-9-13-12-15(18)17(16-13)14-10-7-5-8-11-14/h5,7-8,10-12,16H,2-4,6,9H2,1H3. The molecule has 3 nitrogen and oxygen atoms in total. The van der Waals surface area contributed by atoms with Gasteiger partial charge in [-0.05, 0) is 25.0 Å². The highest BCUT2D eigenvalue weighted by Gasteiger charge is 2.04. The lowest BCUT2D eigenvalue weighted by molar-refractivity contribution is 0.655. The molecule has 1 heterocycles. The van der Waals surface area contributed by atoms with E-state index in [1.165, 1.54) is 19.3 Å². The molecule has 0 spiro atoms. The van der Waals surface area contributed by atoms with Crippen molar-refractivity contribution < 1.29 is 0 Å². The van der Waals surface area contributed by atoms with E-state index in [0.717, 1.165) is 24.2 Å². The first-order valence-electron chi connectivity index (χ1n) is 6.67. The van der Waals surface area contributed by atoms with Gasteiger partial charge in [0.2, 0.25) is 0 Å². The van der Waals surface area contributed by atoms with E-state index in [-0.39, 0.29) is 5.56 Å². The van der Waals surface area contributed by atoms with E-state index in [1.54, 1.807) is 10.7 Å². The molecule has 0 bridgehead atoms. The number of hydrogen-bond acceptors (Lipinski definition) is 1. The largest absolute Gasteiger partial charge is 0.295 e. The summed E-state index contributed by atoms with van der Waals surface area (Å²) in [5, 5.41) is 3.18. The molecule has 2 rings (SSSR count). The molecule has 3 heteroatoms. The molecule has 2 aromatic rings. The second kappa shape index (κ2) is 6.24. The van der Waals surface area contributed by atoms with Crippen LogP contribution in [0.4, 0.5) is 0 Å². The zero-order valence-corrected chi connectivity index (χ0v) is 10.9. The van der Waals surface area contributed by atoms with Crippen LogP contribution in [0.15, 0.2) is 41.2 Å². The summed E-state index contributed by atoms with van der Waals surface area (Å²) in [7, 11) is 0. The first-order valence-corrected chi connectivity index (χ1v) is 6.67. The van der Waals surface area contributed by atoms with Gasteiger partial charge in [-0.3, -0.25) is 9.89 Å². The fourth-order valence-corrected chi connectivity index (χ4v) is 2.08. The van der Waals surface area contributed by atoms with E-state index in [9.17, 15) is 4.79 Å². The molecular weight excluding hydrogens is 224 g/mol. The number of benzene rings is 1. The van der Waals surface area contributed by atoms with Crippen molar-refractivity contribution in [3.05, 3.63) is 52.4 Å². The third-order valence-electron chi connectivity index (χ3n) is 3.09. The topological polar surface area (TPSA) is 37.8 Å². The quantitative estimate of drug-likeness (QED) is 0.778. The van der Waals surface area contributed by atoms with Crippen LogP contribution in [-0.2, 0) is 6.42 Å². The smallest absolute Gasteiger partial charge is 0.271 e. The lowest BCUT2D eigenvalue weighted by Crippen LogP contribution is -2.12. The molecule has 0 unspecified atom stereocenters. The SMILES string of the molecule is CCCCCCc1cc(=O)n(-c2ccccc2)[nH]1. The number of nitrogens with one attached hydrogen (secondary N) is 1. The molecule has 0 radical (unpaired) electrons. The van der Waals surface area contributed by atoms with Crippen molar-refractivity contribution in [2.45, 2.75) is 39.0 Å². The van der Waals surface area contributed by atoms with Crippen LogP contribution in [0.2, 0.25) is 0 Å². The zero-order valence-electron chi connectivity index (χ0n) is 10.9. The molecule has 0 fully saturated rings. The van der Waals surface area contributed by atoms with Crippen LogP contribution < -0.4 is 5.56 Å². The number of aromatic amines is 1. The summed E-state index contributed by atoms with van der Waals surface area (Å²) in [5.74, 6) is 0. The van der Waals surface area contributed by atoms with Crippen LogP contribution in [0.3, 0.4) is 0 Å². The van der Waals surface area contributed by atoms with Crippen molar-refractivity contribution >= 4 is 0 Å². The summed E-state index contributed by atoms with van der Waals surface area (Å²) < 4.78 is 1.61. The predicted molar refractivity (Wildman–Crippen MR) is 74.2 cm³/mol. The summed E-state index contributed by atoms with van der Waals surface area (Å²) in [4.78, 5) is 11.9. The first kappa shape index (κ1) is 12.7. The van der Waals surface area contributed by atoms with Crippen molar-refractivity contribution in [2.75, 3.05) is 0 Å². The fourth-order valence-electron chi connectivity index (χ4n) is 2.08. The lowest BCUT2D eigenvalue weighted by atomic mass is 10.1. The molecule has 1 aromatic heterocycles. The third kappa shape index (κ3) is 3.13. The van der Waals surface area contributed by atoms with Crippen LogP contribution in [0, 0.1) is 0 Å². The van der Waals surface area contributed by atoms with Gasteiger partial charge in [0.05, 0.1) is 5.69 Å². The Bertz CT molecular complexity index is 525. The van der Waals surface area contributed by atoms with Crippen LogP contribution in [0.1, 0.15) is 38.3 Å². The number of H-pyrrole nitrogens is 1. The molecular formula is C15H20N2O. The highest BCUT2D eigenvalue weighted by molar-refractivity contribution is 5.30. The summed E-state index contributed by atoms with van der Waals surface area (Å²) in [6.45, 7) is 2.20. The number of rotatable bonds is 6. The number of unbranched alkanes of at least 4 members (excludes halogenated alkanes) is 3. The molecule has 0 amide bonds. The predicted octanol–water partition coefficient (Wildman–Crippen LogP) is 3.29. The Kier molecular flexibility index (Phi) is 4.40. The Morgan fingerprint density at radius 2 is 1.89 bits per heavy atom. The number of nitrogens with zero attached hydrogens (tertiary/aromatic N) is 1. The van der Waals surface area contributed by atoms with Gasteiger partial charge >= 0.3 is 0 Å². The van der Waals surface area contributed by atoms with E-state index >= 15 is 0 Å². The number of aromatic nitrogens is 2. The van der Waals surface area contributed by atoms with E-state index in [1.807, 2.05) is 30.3 Å². The van der Waals surface area contributed by atoms with E-state index < -0.39 is 0 Å². The molecule has 0 aliphatic carbocycles. The molecule has 0 aliphatic rings. The summed E-state index contributed by atoms with van der Waals surface area (Å²) >= 11 is 0. The normalized spacial score (nSPS) is 10.7. The zero-order chi connectivity index (χ0) is 12.8. The van der Waals surface area contributed by atoms with Crippen molar-refractivity contribution in [1.29, 1.82) is 0 Å². The van der Waals surface area contributed by atoms with Crippen LogP contribution in [0.25, 0.3) is 5.69 Å². The van der Waals surface area contributed by atoms with E-state index in [2.05, 4.69) is 12.0 Å². The molecule has 0 aliphatic heterocycles. The van der Waals surface area contributed by atoms with Gasteiger partial charge < -0.3 is 0 Å². The molecule has 1 N–H and O–H groups in total. The van der Waals surface area contributed by atoms with Crippen molar-refractivity contribution in [3.8, 4) is 5.69 Å². The molecule has 18 heavy (non-hydrogen) atoms. The van der Waals surface area contributed by atoms with Crippen molar-refractivity contribution in [1.82, 2.24) is 9.78 Å². The Hall–Kier alpha value is -1.77. The number of para-hydroxylation sites is 1. The highest BCUT2D eigenvalue weighted by Crippen LogP contribution is 2.07. The highest BCUT2D eigenvalue weighted by atomic mass is 16.1. The number of aryl methyl sites for hydroxylation is 1. The second-order valence-corrected chi connectivity index (χ2v) is 4.60. The molecule has 0 saturated carbocycles. The summed E-state index contributed by atoms with van der Waals surface area (Å²) in [5.41, 5.74) is 1.94. The summed E-state index contributed by atoms with van der Waals surface area (Å²) in [6.07, 6.45) is 5.83. The maximum atomic E-state index is 11.9. The van der Waals surface area contributed by atoms with Gasteiger partial charge in [0.1, 0.15) is 0 Å². The van der Waals surface area contributed by atoms with Gasteiger partial charge in [-0.25, -0.2) is 4.68 Å². The van der Waals surface area contributed by atoms with E-state index in [4.69, 9.17) is 0 Å². The Morgan fingerprint density at radius 1 is 1.11 bits per heavy atom. The molecule has 1 aromatic carbocycles. The van der Waals surface area contributed by atoms with Crippen LogP contribution in [0.5, 0.6) is 0 Å². The van der Waals surface area contributed by atoms with Gasteiger partial charge in [-0.1, -0.05) is 44.4 Å². The van der Waals surface area contributed by atoms with Gasteiger partial charge in [0.25, 0.3) is 5.56 Å². The van der Waals surface area contributed by atoms with Crippen LogP contribution in [-0.4, -0.2) is 9.78 Å². The Morgan fingerprint density at radius 3 is 2.61 bits per heavy atom. The minimum atomic E-state index is 0.0201. The lowest BCUT2D eigenvalue weighted by Gasteiger charge is -2.01. The molecule has 0 saturated heterocycles. The first-order chi connectivity index (χ1) is 8.81. The monoisotopic (exact) mass is 244 g/mol.